The van der Waals surface area contributed by atoms with Crippen molar-refractivity contribution in [2.24, 2.45) is 0 Å². The van der Waals surface area contributed by atoms with E-state index >= 15 is 0 Å². The second-order valence-electron chi connectivity index (χ2n) is 4.40. The summed E-state index contributed by atoms with van der Waals surface area (Å²) in [6.07, 6.45) is 1.62. The van der Waals surface area contributed by atoms with Crippen LogP contribution >= 0.6 is 0 Å². The number of carbonyl (C=O) groups is 2. The molecule has 0 fully saturated rings. The van der Waals surface area contributed by atoms with Crippen LogP contribution in [0.3, 0.4) is 0 Å². The number of para-hydroxylation sites is 1. The van der Waals surface area contributed by atoms with E-state index < -0.39 is 5.91 Å². The van der Waals surface area contributed by atoms with Crippen LogP contribution in [-0.4, -0.2) is 11.8 Å². The van der Waals surface area contributed by atoms with E-state index in [0.717, 1.165) is 5.69 Å². The highest BCUT2D eigenvalue weighted by molar-refractivity contribution is 6.31. The van der Waals surface area contributed by atoms with Crippen LogP contribution in [0.4, 0.5) is 5.69 Å². The third kappa shape index (κ3) is 2.19. The molecular weight excluding hydrogens is 252 g/mol. The Hall–Kier alpha value is -2.88. The molecule has 4 heteroatoms. The van der Waals surface area contributed by atoms with Gasteiger partial charge in [-0.15, -0.1) is 0 Å². The van der Waals surface area contributed by atoms with Crippen LogP contribution in [0.15, 0.2) is 60.8 Å². The highest BCUT2D eigenvalue weighted by Gasteiger charge is 2.26. The SMILES string of the molecule is O=C1NC(=O)c2ccccc2/C1=C/Nc1ccccc1. The highest BCUT2D eigenvalue weighted by Crippen LogP contribution is 2.23. The van der Waals surface area contributed by atoms with Gasteiger partial charge >= 0.3 is 0 Å². The summed E-state index contributed by atoms with van der Waals surface area (Å²) in [6.45, 7) is 0. The van der Waals surface area contributed by atoms with Crippen LogP contribution < -0.4 is 10.6 Å². The Labute approximate surface area is 116 Å². The maximum atomic E-state index is 11.9. The quantitative estimate of drug-likeness (QED) is 0.647. The lowest BCUT2D eigenvalue weighted by atomic mass is 9.96. The first-order valence-electron chi connectivity index (χ1n) is 6.22. The van der Waals surface area contributed by atoms with Crippen LogP contribution in [0.2, 0.25) is 0 Å². The fraction of sp³-hybridized carbons (Fsp3) is 0. The maximum Gasteiger partial charge on any atom is 0.260 e. The van der Waals surface area contributed by atoms with E-state index in [1.807, 2.05) is 30.3 Å². The molecule has 1 aliphatic rings. The van der Waals surface area contributed by atoms with Gasteiger partial charge in [-0.3, -0.25) is 14.9 Å². The van der Waals surface area contributed by atoms with Gasteiger partial charge in [0.2, 0.25) is 0 Å². The van der Waals surface area contributed by atoms with Crippen molar-refractivity contribution >= 4 is 23.1 Å². The summed E-state index contributed by atoms with van der Waals surface area (Å²) in [5, 5.41) is 5.40. The van der Waals surface area contributed by atoms with Crippen molar-refractivity contribution in [3.63, 3.8) is 0 Å². The fourth-order valence-electron chi connectivity index (χ4n) is 2.11. The largest absolute Gasteiger partial charge is 0.361 e. The number of imide groups is 1. The molecule has 3 rings (SSSR count). The predicted octanol–water partition coefficient (Wildman–Crippen LogP) is 2.41. The van der Waals surface area contributed by atoms with Gasteiger partial charge < -0.3 is 5.32 Å². The molecule has 98 valence electrons. The van der Waals surface area contributed by atoms with Crippen LogP contribution in [0.1, 0.15) is 15.9 Å². The van der Waals surface area contributed by atoms with Gasteiger partial charge in [-0.05, 0) is 18.2 Å². The Morgan fingerprint density at radius 1 is 0.800 bits per heavy atom. The van der Waals surface area contributed by atoms with Crippen molar-refractivity contribution in [2.45, 2.75) is 0 Å². The Balaban J connectivity index is 1.98. The summed E-state index contributed by atoms with van der Waals surface area (Å²) in [7, 11) is 0. The molecule has 0 atom stereocenters. The van der Waals surface area contributed by atoms with Gasteiger partial charge in [0.15, 0.2) is 0 Å². The second-order valence-corrected chi connectivity index (χ2v) is 4.40. The van der Waals surface area contributed by atoms with Gasteiger partial charge in [-0.1, -0.05) is 36.4 Å². The van der Waals surface area contributed by atoms with Gasteiger partial charge in [-0.25, -0.2) is 0 Å². The molecular formula is C16H12N2O2. The predicted molar refractivity (Wildman–Crippen MR) is 77.0 cm³/mol. The van der Waals surface area contributed by atoms with Gasteiger partial charge in [0, 0.05) is 23.0 Å². The van der Waals surface area contributed by atoms with E-state index in [9.17, 15) is 9.59 Å². The summed E-state index contributed by atoms with van der Waals surface area (Å²) in [4.78, 5) is 23.7. The molecule has 2 N–H and O–H groups in total. The summed E-state index contributed by atoms with van der Waals surface area (Å²) >= 11 is 0. The number of hydrogen-bond acceptors (Lipinski definition) is 3. The van der Waals surface area contributed by atoms with Gasteiger partial charge in [0.05, 0.1) is 5.57 Å². The van der Waals surface area contributed by atoms with E-state index in [4.69, 9.17) is 0 Å². The molecule has 1 aliphatic heterocycles. The zero-order valence-corrected chi connectivity index (χ0v) is 10.6. The van der Waals surface area contributed by atoms with Crippen molar-refractivity contribution in [2.75, 3.05) is 5.32 Å². The monoisotopic (exact) mass is 264 g/mol. The molecule has 0 aliphatic carbocycles. The molecule has 20 heavy (non-hydrogen) atoms. The number of amides is 2. The Morgan fingerprint density at radius 2 is 1.45 bits per heavy atom. The third-order valence-corrected chi connectivity index (χ3v) is 3.09. The van der Waals surface area contributed by atoms with Gasteiger partial charge in [-0.2, -0.15) is 0 Å². The first kappa shape index (κ1) is 12.2. The number of rotatable bonds is 2. The summed E-state index contributed by atoms with van der Waals surface area (Å²) in [5.41, 5.74) is 2.48. The molecule has 0 unspecified atom stereocenters. The molecule has 2 aromatic carbocycles. The van der Waals surface area contributed by atoms with E-state index in [1.54, 1.807) is 30.5 Å². The minimum absolute atomic E-state index is 0.359. The second kappa shape index (κ2) is 5.01. The molecule has 2 aromatic rings. The molecule has 0 saturated carbocycles. The Bertz CT molecular complexity index is 705. The Morgan fingerprint density at radius 3 is 2.20 bits per heavy atom. The summed E-state index contributed by atoms with van der Waals surface area (Å²) in [6, 6.07) is 16.6. The van der Waals surface area contributed by atoms with Crippen molar-refractivity contribution in [1.82, 2.24) is 5.32 Å². The molecule has 1 heterocycles. The van der Waals surface area contributed by atoms with Crippen LogP contribution in [0.5, 0.6) is 0 Å². The van der Waals surface area contributed by atoms with E-state index in [-0.39, 0.29) is 5.91 Å². The summed E-state index contributed by atoms with van der Waals surface area (Å²) < 4.78 is 0. The number of nitrogens with one attached hydrogen (secondary N) is 2. The van der Waals surface area contributed by atoms with Crippen molar-refractivity contribution < 1.29 is 9.59 Å². The van der Waals surface area contributed by atoms with Crippen molar-refractivity contribution in [1.29, 1.82) is 0 Å². The smallest absolute Gasteiger partial charge is 0.260 e. The molecule has 0 saturated heterocycles. The van der Waals surface area contributed by atoms with Gasteiger partial charge in [0.1, 0.15) is 0 Å². The lowest BCUT2D eigenvalue weighted by Gasteiger charge is -2.18. The maximum absolute atomic E-state index is 11.9. The first-order chi connectivity index (χ1) is 9.75. The molecule has 0 aromatic heterocycles. The molecule has 4 nitrogen and oxygen atoms in total. The topological polar surface area (TPSA) is 58.2 Å². The minimum Gasteiger partial charge on any atom is -0.361 e. The highest BCUT2D eigenvalue weighted by atomic mass is 16.2. The van der Waals surface area contributed by atoms with E-state index in [1.165, 1.54) is 0 Å². The number of hydrogen-bond donors (Lipinski definition) is 2. The number of anilines is 1. The lowest BCUT2D eigenvalue weighted by molar-refractivity contribution is -0.114. The fourth-order valence-corrected chi connectivity index (χ4v) is 2.11. The molecule has 0 bridgehead atoms. The standard InChI is InChI=1S/C16H12N2O2/c19-15-13-9-5-4-8-12(13)14(16(20)18-15)10-17-11-6-2-1-3-7-11/h1-10,17H,(H,18,19,20)/b14-10-. The first-order valence-corrected chi connectivity index (χ1v) is 6.22. The minimum atomic E-state index is -0.392. The molecule has 0 radical (unpaired) electrons. The number of carbonyl (C=O) groups excluding carboxylic acids is 2. The van der Waals surface area contributed by atoms with Crippen LogP contribution in [0.25, 0.3) is 5.57 Å². The average Bonchev–Trinajstić information content (AvgIpc) is 2.48. The molecule has 0 spiro atoms. The molecule has 2 amide bonds. The third-order valence-electron chi connectivity index (χ3n) is 3.09. The normalized spacial score (nSPS) is 15.7. The summed E-state index contributed by atoms with van der Waals surface area (Å²) in [5.74, 6) is -0.750. The Kier molecular flexibility index (Phi) is 3.05. The zero-order valence-electron chi connectivity index (χ0n) is 10.6. The lowest BCUT2D eigenvalue weighted by Crippen LogP contribution is -2.36. The van der Waals surface area contributed by atoms with Crippen LogP contribution in [-0.2, 0) is 4.79 Å². The zero-order chi connectivity index (χ0) is 13.9. The number of benzene rings is 2. The van der Waals surface area contributed by atoms with Crippen molar-refractivity contribution in [3.05, 3.63) is 71.9 Å². The van der Waals surface area contributed by atoms with Crippen molar-refractivity contribution in [3.8, 4) is 0 Å². The van der Waals surface area contributed by atoms with Gasteiger partial charge in [0.25, 0.3) is 11.8 Å². The van der Waals surface area contributed by atoms with E-state index in [0.29, 0.717) is 16.7 Å². The number of fused-ring (bicyclic) bond motifs is 1. The van der Waals surface area contributed by atoms with E-state index in [2.05, 4.69) is 10.6 Å². The van der Waals surface area contributed by atoms with Crippen LogP contribution in [0, 0.1) is 0 Å². The average molecular weight is 264 g/mol.